The fraction of sp³-hybridized carbons (Fsp3) is 0.111. The second kappa shape index (κ2) is 7.38. The number of hydrogen-bond donors (Lipinski definition) is 0. The fourth-order valence-corrected chi connectivity index (χ4v) is 3.36. The van der Waals surface area contributed by atoms with Gasteiger partial charge in [0.15, 0.2) is 5.82 Å². The van der Waals surface area contributed by atoms with Crippen LogP contribution in [0.25, 0.3) is 5.69 Å². The van der Waals surface area contributed by atoms with Crippen molar-refractivity contribution in [1.82, 2.24) is 9.55 Å². The quantitative estimate of drug-likeness (QED) is 0.396. The number of aromatic nitrogens is 2. The van der Waals surface area contributed by atoms with Gasteiger partial charge in [-0.25, -0.2) is 4.98 Å². The van der Waals surface area contributed by atoms with E-state index >= 15 is 0 Å². The van der Waals surface area contributed by atoms with Crippen molar-refractivity contribution in [3.63, 3.8) is 0 Å². The summed E-state index contributed by atoms with van der Waals surface area (Å²) >= 11 is 24.3. The lowest BCUT2D eigenvalue weighted by Crippen LogP contribution is -2.28. The number of hydrogen-bond acceptors (Lipinski definition) is 2. The Hall–Kier alpha value is -1.52. The van der Waals surface area contributed by atoms with Gasteiger partial charge >= 0.3 is 0 Å². The lowest BCUT2D eigenvalue weighted by Gasteiger charge is -2.23. The van der Waals surface area contributed by atoms with Gasteiger partial charge in [-0.05, 0) is 29.8 Å². The second-order valence-electron chi connectivity index (χ2n) is 5.35. The molecule has 0 radical (unpaired) electrons. The first-order valence-corrected chi connectivity index (χ1v) is 8.84. The van der Waals surface area contributed by atoms with Crippen molar-refractivity contribution < 1.29 is 4.79 Å². The average molecular weight is 414 g/mol. The van der Waals surface area contributed by atoms with Gasteiger partial charge < -0.3 is 0 Å². The van der Waals surface area contributed by atoms with Crippen molar-refractivity contribution in [2.24, 2.45) is 0 Å². The highest BCUT2D eigenvalue weighted by Crippen LogP contribution is 2.43. The number of carbonyl (C=O) groups is 1. The summed E-state index contributed by atoms with van der Waals surface area (Å²) in [5.74, 6) is -1.21. The Morgan fingerprint density at radius 1 is 1.00 bits per heavy atom. The zero-order valence-electron chi connectivity index (χ0n) is 12.7. The molecule has 0 saturated carbocycles. The molecule has 0 aliphatic carbocycles. The maximum Gasteiger partial charge on any atom is 0.210 e. The number of para-hydroxylation sites is 1. The fourth-order valence-electron chi connectivity index (χ4n) is 2.56. The molecular formula is C18H12Cl4N2O. The van der Waals surface area contributed by atoms with E-state index in [-0.39, 0.29) is 5.82 Å². The molecule has 0 bridgehead atoms. The van der Waals surface area contributed by atoms with Crippen molar-refractivity contribution in [3.8, 4) is 5.69 Å². The number of ketones is 1. The second-order valence-corrected chi connectivity index (χ2v) is 8.15. The minimum Gasteiger partial charge on any atom is -0.297 e. The van der Waals surface area contributed by atoms with Gasteiger partial charge in [-0.3, -0.25) is 9.36 Å². The first-order chi connectivity index (χ1) is 11.9. The van der Waals surface area contributed by atoms with Crippen LogP contribution < -0.4 is 0 Å². The van der Waals surface area contributed by atoms with Crippen LogP contribution in [0.5, 0.6) is 0 Å². The van der Waals surface area contributed by atoms with Crippen molar-refractivity contribution in [1.29, 1.82) is 0 Å². The summed E-state index contributed by atoms with van der Waals surface area (Å²) in [6.07, 6.45) is 3.23. The molecule has 25 heavy (non-hydrogen) atoms. The molecule has 1 heterocycles. The van der Waals surface area contributed by atoms with Crippen LogP contribution in [0.15, 0.2) is 67.0 Å². The molecule has 0 fully saturated rings. The third-order valence-corrected chi connectivity index (χ3v) is 4.59. The number of halogens is 4. The van der Waals surface area contributed by atoms with Gasteiger partial charge in [0.05, 0.1) is 5.92 Å². The van der Waals surface area contributed by atoms with Gasteiger partial charge in [0.25, 0.3) is 0 Å². The maximum atomic E-state index is 13.2. The van der Waals surface area contributed by atoms with Gasteiger partial charge in [0, 0.05) is 23.1 Å². The molecule has 2 aromatic carbocycles. The van der Waals surface area contributed by atoms with Crippen LogP contribution in [0.1, 0.15) is 22.1 Å². The summed E-state index contributed by atoms with van der Waals surface area (Å²) in [5, 5.41) is 0.532. The molecule has 1 aromatic heterocycles. The minimum atomic E-state index is -1.83. The van der Waals surface area contributed by atoms with E-state index < -0.39 is 15.5 Å². The predicted molar refractivity (Wildman–Crippen MR) is 102 cm³/mol. The number of benzene rings is 2. The van der Waals surface area contributed by atoms with Gasteiger partial charge in [-0.15, -0.1) is 0 Å². The van der Waals surface area contributed by atoms with Crippen LogP contribution in [-0.2, 0) is 0 Å². The highest BCUT2D eigenvalue weighted by atomic mass is 35.6. The third kappa shape index (κ3) is 4.01. The molecule has 3 rings (SSSR count). The Morgan fingerprint density at radius 3 is 2.24 bits per heavy atom. The van der Waals surface area contributed by atoms with Crippen LogP contribution in [-0.4, -0.2) is 19.1 Å². The summed E-state index contributed by atoms with van der Waals surface area (Å²) < 4.78 is -0.167. The number of carbonyl (C=O) groups excluding carboxylic acids is 1. The van der Waals surface area contributed by atoms with Crippen molar-refractivity contribution in [2.75, 3.05) is 0 Å². The smallest absolute Gasteiger partial charge is 0.210 e. The zero-order chi connectivity index (χ0) is 18.0. The van der Waals surface area contributed by atoms with Gasteiger partial charge in [-0.1, -0.05) is 76.7 Å². The monoisotopic (exact) mass is 412 g/mol. The molecule has 128 valence electrons. The summed E-state index contributed by atoms with van der Waals surface area (Å²) in [4.78, 5) is 17.3. The molecule has 3 nitrogen and oxygen atoms in total. The Kier molecular flexibility index (Phi) is 5.40. The lowest BCUT2D eigenvalue weighted by molar-refractivity contribution is 0.0948. The van der Waals surface area contributed by atoms with Crippen LogP contribution in [0.3, 0.4) is 0 Å². The molecule has 0 saturated heterocycles. The van der Waals surface area contributed by atoms with E-state index in [4.69, 9.17) is 46.4 Å². The molecule has 0 amide bonds. The van der Waals surface area contributed by atoms with E-state index in [1.165, 1.54) is 6.20 Å². The number of Topliss-reactive ketones (excluding diaryl/α,β-unsaturated/α-hetero) is 1. The molecule has 0 N–H and O–H groups in total. The Morgan fingerprint density at radius 2 is 1.64 bits per heavy atom. The average Bonchev–Trinajstić information content (AvgIpc) is 3.06. The topological polar surface area (TPSA) is 34.9 Å². The summed E-state index contributed by atoms with van der Waals surface area (Å²) in [6.45, 7) is 0. The number of imidazole rings is 1. The maximum absolute atomic E-state index is 13.2. The van der Waals surface area contributed by atoms with E-state index in [1.54, 1.807) is 35.0 Å². The third-order valence-electron chi connectivity index (χ3n) is 3.69. The summed E-state index contributed by atoms with van der Waals surface area (Å²) in [6, 6.07) is 16.0. The van der Waals surface area contributed by atoms with Crippen LogP contribution in [0.2, 0.25) is 5.02 Å². The Bertz CT molecular complexity index is 870. The zero-order valence-corrected chi connectivity index (χ0v) is 15.8. The highest BCUT2D eigenvalue weighted by Gasteiger charge is 2.41. The first kappa shape index (κ1) is 18.3. The molecule has 0 unspecified atom stereocenters. The van der Waals surface area contributed by atoms with Crippen LogP contribution in [0, 0.1) is 0 Å². The predicted octanol–water partition coefficient (Wildman–Crippen LogP) is 5.86. The molecule has 0 spiro atoms. The van der Waals surface area contributed by atoms with E-state index in [0.29, 0.717) is 10.6 Å². The van der Waals surface area contributed by atoms with Gasteiger partial charge in [0.1, 0.15) is 0 Å². The SMILES string of the molecule is O=C(c1nccn1-c1ccccc1)[C@@H](c1ccc(Cl)cc1)C(Cl)(Cl)Cl. The van der Waals surface area contributed by atoms with Gasteiger partial charge in [0.2, 0.25) is 9.58 Å². The highest BCUT2D eigenvalue weighted by molar-refractivity contribution is 6.69. The normalized spacial score (nSPS) is 12.8. The first-order valence-electron chi connectivity index (χ1n) is 7.33. The molecule has 7 heteroatoms. The van der Waals surface area contributed by atoms with E-state index in [1.807, 2.05) is 30.3 Å². The van der Waals surface area contributed by atoms with Crippen molar-refractivity contribution >= 4 is 52.2 Å². The molecule has 3 aromatic rings. The van der Waals surface area contributed by atoms with Gasteiger partial charge in [-0.2, -0.15) is 0 Å². The molecule has 1 atom stereocenters. The van der Waals surface area contributed by atoms with Crippen LogP contribution in [0.4, 0.5) is 0 Å². The molecular weight excluding hydrogens is 402 g/mol. The lowest BCUT2D eigenvalue weighted by atomic mass is 9.95. The summed E-state index contributed by atoms with van der Waals surface area (Å²) in [5.41, 5.74) is 1.35. The Balaban J connectivity index is 2.06. The largest absolute Gasteiger partial charge is 0.297 e. The van der Waals surface area contributed by atoms with E-state index in [0.717, 1.165) is 5.69 Å². The number of rotatable bonds is 4. The van der Waals surface area contributed by atoms with Crippen LogP contribution >= 0.6 is 46.4 Å². The van der Waals surface area contributed by atoms with E-state index in [9.17, 15) is 4.79 Å². The molecule has 0 aliphatic heterocycles. The standard InChI is InChI=1S/C18H12Cl4N2O/c19-13-8-6-12(7-9-13)15(18(20,21)22)16(25)17-23-10-11-24(17)14-4-2-1-3-5-14/h1-11,15H/t15-/m1/s1. The molecule has 0 aliphatic rings. The minimum absolute atomic E-state index is 0.192. The summed E-state index contributed by atoms with van der Waals surface area (Å²) in [7, 11) is 0. The number of nitrogens with zero attached hydrogens (tertiary/aromatic N) is 2. The Labute approximate surface area is 165 Å². The van der Waals surface area contributed by atoms with Crippen molar-refractivity contribution in [3.05, 3.63) is 83.4 Å². The van der Waals surface area contributed by atoms with Crippen molar-refractivity contribution in [2.45, 2.75) is 9.71 Å². The van der Waals surface area contributed by atoms with E-state index in [2.05, 4.69) is 4.98 Å². The number of alkyl halides is 3.